The SMILES string of the molecule is CC1(C(=O)NC2CCCCC2C(C)(C)C)CCCN1. The lowest BCUT2D eigenvalue weighted by molar-refractivity contribution is -0.128. The third-order valence-electron chi connectivity index (χ3n) is 5.06. The molecule has 2 aliphatic rings. The zero-order chi connectivity index (χ0) is 14.1. The predicted molar refractivity (Wildman–Crippen MR) is 79.0 cm³/mol. The molecule has 0 aromatic heterocycles. The number of hydrogen-bond donors (Lipinski definition) is 2. The molecule has 1 saturated carbocycles. The van der Waals surface area contributed by atoms with E-state index in [0.717, 1.165) is 25.8 Å². The van der Waals surface area contributed by atoms with Gasteiger partial charge >= 0.3 is 0 Å². The molecule has 110 valence electrons. The molecular weight excluding hydrogens is 236 g/mol. The summed E-state index contributed by atoms with van der Waals surface area (Å²) in [5, 5.41) is 6.72. The van der Waals surface area contributed by atoms with Crippen LogP contribution in [-0.2, 0) is 4.79 Å². The van der Waals surface area contributed by atoms with Crippen molar-refractivity contribution in [1.82, 2.24) is 10.6 Å². The zero-order valence-corrected chi connectivity index (χ0v) is 13.0. The highest BCUT2D eigenvalue weighted by Gasteiger charge is 2.40. The summed E-state index contributed by atoms with van der Waals surface area (Å²) in [5.74, 6) is 0.821. The largest absolute Gasteiger partial charge is 0.351 e. The summed E-state index contributed by atoms with van der Waals surface area (Å²) in [7, 11) is 0. The van der Waals surface area contributed by atoms with E-state index in [9.17, 15) is 4.79 Å². The first-order valence-electron chi connectivity index (χ1n) is 7.89. The van der Waals surface area contributed by atoms with Crippen molar-refractivity contribution in [3.05, 3.63) is 0 Å². The molecule has 1 amide bonds. The molecule has 1 aliphatic heterocycles. The van der Waals surface area contributed by atoms with E-state index in [-0.39, 0.29) is 16.9 Å². The second kappa shape index (κ2) is 5.43. The molecule has 3 unspecified atom stereocenters. The number of amides is 1. The fourth-order valence-corrected chi connectivity index (χ4v) is 3.76. The van der Waals surface area contributed by atoms with E-state index in [4.69, 9.17) is 0 Å². The molecule has 1 saturated heterocycles. The minimum Gasteiger partial charge on any atom is -0.351 e. The first kappa shape index (κ1) is 14.8. The Labute approximate surface area is 117 Å². The van der Waals surface area contributed by atoms with Gasteiger partial charge in [0.15, 0.2) is 0 Å². The molecule has 3 atom stereocenters. The first-order chi connectivity index (χ1) is 8.83. The second-order valence-electron chi connectivity index (χ2n) is 7.70. The Bertz CT molecular complexity index is 326. The molecular formula is C16H30N2O. The Kier molecular flexibility index (Phi) is 4.24. The molecule has 0 aromatic carbocycles. The lowest BCUT2D eigenvalue weighted by Crippen LogP contribution is -2.56. The van der Waals surface area contributed by atoms with E-state index in [2.05, 4.69) is 31.4 Å². The van der Waals surface area contributed by atoms with Crippen molar-refractivity contribution in [2.75, 3.05) is 6.54 Å². The van der Waals surface area contributed by atoms with Gasteiger partial charge in [-0.25, -0.2) is 0 Å². The average Bonchev–Trinajstić information content (AvgIpc) is 2.77. The van der Waals surface area contributed by atoms with E-state index in [1.165, 1.54) is 19.3 Å². The first-order valence-corrected chi connectivity index (χ1v) is 7.89. The maximum absolute atomic E-state index is 12.5. The Hall–Kier alpha value is -0.570. The summed E-state index contributed by atoms with van der Waals surface area (Å²) in [4.78, 5) is 12.5. The maximum atomic E-state index is 12.5. The molecule has 1 heterocycles. The minimum atomic E-state index is -0.333. The lowest BCUT2D eigenvalue weighted by Gasteiger charge is -2.42. The number of hydrogen-bond acceptors (Lipinski definition) is 2. The van der Waals surface area contributed by atoms with Crippen LogP contribution in [0.15, 0.2) is 0 Å². The summed E-state index contributed by atoms with van der Waals surface area (Å²) in [5.41, 5.74) is -0.0533. The molecule has 0 radical (unpaired) electrons. The van der Waals surface area contributed by atoms with Crippen LogP contribution in [0.3, 0.4) is 0 Å². The van der Waals surface area contributed by atoms with Crippen molar-refractivity contribution < 1.29 is 4.79 Å². The smallest absolute Gasteiger partial charge is 0.240 e. The Morgan fingerprint density at radius 1 is 1.21 bits per heavy atom. The molecule has 1 aliphatic carbocycles. The fourth-order valence-electron chi connectivity index (χ4n) is 3.76. The van der Waals surface area contributed by atoms with Gasteiger partial charge in [0.1, 0.15) is 0 Å². The van der Waals surface area contributed by atoms with Gasteiger partial charge in [-0.2, -0.15) is 0 Å². The molecule has 2 fully saturated rings. The van der Waals surface area contributed by atoms with Crippen LogP contribution >= 0.6 is 0 Å². The van der Waals surface area contributed by atoms with Crippen molar-refractivity contribution in [2.45, 2.75) is 77.8 Å². The van der Waals surface area contributed by atoms with E-state index < -0.39 is 0 Å². The number of carbonyl (C=O) groups excluding carboxylic acids is 1. The number of nitrogens with one attached hydrogen (secondary N) is 2. The van der Waals surface area contributed by atoms with Crippen LogP contribution in [0.2, 0.25) is 0 Å². The number of rotatable bonds is 2. The van der Waals surface area contributed by atoms with Gasteiger partial charge < -0.3 is 10.6 Å². The van der Waals surface area contributed by atoms with Gasteiger partial charge in [-0.15, -0.1) is 0 Å². The van der Waals surface area contributed by atoms with Crippen molar-refractivity contribution in [2.24, 2.45) is 11.3 Å². The van der Waals surface area contributed by atoms with Crippen LogP contribution in [0.1, 0.15) is 66.2 Å². The molecule has 0 spiro atoms. The molecule has 2 rings (SSSR count). The van der Waals surface area contributed by atoms with Crippen molar-refractivity contribution in [1.29, 1.82) is 0 Å². The van der Waals surface area contributed by atoms with Crippen molar-refractivity contribution >= 4 is 5.91 Å². The highest BCUT2D eigenvalue weighted by Crippen LogP contribution is 2.38. The summed E-state index contributed by atoms with van der Waals surface area (Å²) in [6.45, 7) is 9.93. The fraction of sp³-hybridized carbons (Fsp3) is 0.938. The average molecular weight is 266 g/mol. The predicted octanol–water partition coefficient (Wildman–Crippen LogP) is 2.85. The van der Waals surface area contributed by atoms with Gasteiger partial charge in [0, 0.05) is 6.04 Å². The number of carbonyl (C=O) groups is 1. The van der Waals surface area contributed by atoms with E-state index >= 15 is 0 Å². The third-order valence-corrected chi connectivity index (χ3v) is 5.06. The summed E-state index contributed by atoms with van der Waals surface area (Å²) in [6, 6.07) is 0.362. The standard InChI is InChI=1S/C16H30N2O/c1-15(2,3)12-8-5-6-9-13(12)18-14(19)16(4)10-7-11-17-16/h12-13,17H,5-11H2,1-4H3,(H,18,19). The van der Waals surface area contributed by atoms with Gasteiger partial charge in [0.05, 0.1) is 5.54 Å². The normalized spacial score (nSPS) is 36.2. The third kappa shape index (κ3) is 3.31. The highest BCUT2D eigenvalue weighted by molar-refractivity contribution is 5.86. The Balaban J connectivity index is 2.01. The molecule has 2 N–H and O–H groups in total. The monoisotopic (exact) mass is 266 g/mol. The quantitative estimate of drug-likeness (QED) is 0.807. The van der Waals surface area contributed by atoms with Gasteiger partial charge in [-0.05, 0) is 50.5 Å². The van der Waals surface area contributed by atoms with Gasteiger partial charge in [0.25, 0.3) is 0 Å². The molecule has 0 aromatic rings. The minimum absolute atomic E-state index is 0.214. The molecule has 0 bridgehead atoms. The summed E-state index contributed by atoms with van der Waals surface area (Å²) in [6.07, 6.45) is 7.02. The lowest BCUT2D eigenvalue weighted by atomic mass is 9.69. The second-order valence-corrected chi connectivity index (χ2v) is 7.70. The molecule has 19 heavy (non-hydrogen) atoms. The van der Waals surface area contributed by atoms with Crippen molar-refractivity contribution in [3.8, 4) is 0 Å². The van der Waals surface area contributed by atoms with Gasteiger partial charge in [-0.3, -0.25) is 4.79 Å². The van der Waals surface area contributed by atoms with Crippen LogP contribution in [0.4, 0.5) is 0 Å². The van der Waals surface area contributed by atoms with E-state index in [0.29, 0.717) is 12.0 Å². The van der Waals surface area contributed by atoms with Crippen LogP contribution in [-0.4, -0.2) is 24.0 Å². The molecule has 3 nitrogen and oxygen atoms in total. The maximum Gasteiger partial charge on any atom is 0.240 e. The van der Waals surface area contributed by atoms with Gasteiger partial charge in [-0.1, -0.05) is 33.6 Å². The Morgan fingerprint density at radius 2 is 1.89 bits per heavy atom. The van der Waals surface area contributed by atoms with Crippen LogP contribution in [0.25, 0.3) is 0 Å². The Morgan fingerprint density at radius 3 is 2.47 bits per heavy atom. The zero-order valence-electron chi connectivity index (χ0n) is 13.0. The highest BCUT2D eigenvalue weighted by atomic mass is 16.2. The van der Waals surface area contributed by atoms with E-state index in [1.807, 2.05) is 6.92 Å². The summed E-state index contributed by atoms with van der Waals surface area (Å²) < 4.78 is 0. The van der Waals surface area contributed by atoms with Crippen LogP contribution in [0.5, 0.6) is 0 Å². The molecule has 3 heteroatoms. The van der Waals surface area contributed by atoms with Crippen LogP contribution < -0.4 is 10.6 Å². The van der Waals surface area contributed by atoms with Crippen LogP contribution in [0, 0.1) is 11.3 Å². The van der Waals surface area contributed by atoms with Gasteiger partial charge in [0.2, 0.25) is 5.91 Å². The van der Waals surface area contributed by atoms with E-state index in [1.54, 1.807) is 0 Å². The summed E-state index contributed by atoms with van der Waals surface area (Å²) >= 11 is 0. The topological polar surface area (TPSA) is 41.1 Å². The van der Waals surface area contributed by atoms with Crippen molar-refractivity contribution in [3.63, 3.8) is 0 Å².